The summed E-state index contributed by atoms with van der Waals surface area (Å²) >= 11 is 0. The van der Waals surface area contributed by atoms with Gasteiger partial charge in [-0.1, -0.05) is 75.4 Å². The number of nitrogens with two attached hydrogens (primary N) is 1. The number of likely N-dealkylation sites (N-methyl/N-ethyl adjacent to an activating group) is 1. The standard InChI is InChI=1S/C51H66N8O13/c1-6-10-41(63)53-35(21-23-40(52)62)45(65)57-44-29(4)72-51(71)43(28(2)3)56-47(67)38(26-32-15-19-34(61)20-16-32)58(5)50(70)39(27-30-11-8-7-9-12-30)59-42(64)24-22-36(49(59)69)54-46(66)37(55-48(44)68)25-31-13-17-33(60)18-14-31/h7-9,11-20,28-29,35-39,42-44,60-61,64H,6,10,21-27H2,1-5H3,(H2,52,62)(H,53,63)(H,54,66)(H,55,68)(H,56,67)(H,57,65)/t29-,35-,36-,37-,38-,39-,42+,43-,44-/m0/s1. The van der Waals surface area contributed by atoms with E-state index in [2.05, 4.69) is 26.6 Å². The van der Waals surface area contributed by atoms with E-state index in [1.165, 1.54) is 50.4 Å². The van der Waals surface area contributed by atoms with Crippen LogP contribution in [0.25, 0.3) is 0 Å². The Labute approximate surface area is 417 Å². The van der Waals surface area contributed by atoms with Gasteiger partial charge in [0.15, 0.2) is 0 Å². The van der Waals surface area contributed by atoms with E-state index < -0.39 is 114 Å². The zero-order valence-corrected chi connectivity index (χ0v) is 41.0. The molecule has 0 radical (unpaired) electrons. The lowest BCUT2D eigenvalue weighted by Gasteiger charge is -2.43. The van der Waals surface area contributed by atoms with E-state index in [1.54, 1.807) is 63.2 Å². The van der Waals surface area contributed by atoms with Crippen LogP contribution in [0.3, 0.4) is 0 Å². The van der Waals surface area contributed by atoms with Crippen molar-refractivity contribution >= 4 is 53.2 Å². The molecule has 10 N–H and O–H groups in total. The van der Waals surface area contributed by atoms with Crippen LogP contribution in [-0.2, 0) is 67.2 Å². The first-order valence-electron chi connectivity index (χ1n) is 24.0. The highest BCUT2D eigenvalue weighted by Crippen LogP contribution is 2.26. The third-order valence-electron chi connectivity index (χ3n) is 12.7. The van der Waals surface area contributed by atoms with Gasteiger partial charge in [0.1, 0.15) is 66.1 Å². The second-order valence-electron chi connectivity index (χ2n) is 18.6. The van der Waals surface area contributed by atoms with Crippen LogP contribution in [0.2, 0.25) is 0 Å². The van der Waals surface area contributed by atoms with Crippen LogP contribution in [0.1, 0.15) is 82.9 Å². The predicted molar refractivity (Wildman–Crippen MR) is 260 cm³/mol. The van der Waals surface area contributed by atoms with Gasteiger partial charge in [-0.15, -0.1) is 0 Å². The van der Waals surface area contributed by atoms with Crippen molar-refractivity contribution in [3.05, 3.63) is 95.6 Å². The van der Waals surface area contributed by atoms with Gasteiger partial charge in [-0.05, 0) is 79.5 Å². The molecule has 3 aromatic carbocycles. The number of hydrogen-bond donors (Lipinski definition) is 9. The molecule has 2 fully saturated rings. The van der Waals surface area contributed by atoms with Gasteiger partial charge in [-0.3, -0.25) is 38.4 Å². The number of aromatic hydroxyl groups is 2. The summed E-state index contributed by atoms with van der Waals surface area (Å²) in [5, 5.41) is 44.8. The van der Waals surface area contributed by atoms with Crippen LogP contribution in [-0.4, -0.2) is 140 Å². The van der Waals surface area contributed by atoms with Gasteiger partial charge >= 0.3 is 5.97 Å². The highest BCUT2D eigenvalue weighted by Gasteiger charge is 2.46. The summed E-state index contributed by atoms with van der Waals surface area (Å²) in [6.45, 7) is 6.22. The fraction of sp³-hybridized carbons (Fsp3) is 0.471. The molecule has 0 saturated carbocycles. The fourth-order valence-electron chi connectivity index (χ4n) is 8.57. The number of fused-ring (bicyclic) bond motifs is 2. The first-order chi connectivity index (χ1) is 34.2. The Balaban J connectivity index is 1.65. The average Bonchev–Trinajstić information content (AvgIpc) is 3.33. The maximum atomic E-state index is 15.1. The molecule has 2 aliphatic rings. The number of primary amides is 1. The van der Waals surface area contributed by atoms with E-state index in [1.807, 2.05) is 0 Å². The van der Waals surface area contributed by atoms with Crippen molar-refractivity contribution in [2.24, 2.45) is 11.7 Å². The van der Waals surface area contributed by atoms with E-state index in [9.17, 15) is 53.7 Å². The Morgan fingerprint density at radius 2 is 1.33 bits per heavy atom. The third kappa shape index (κ3) is 15.0. The fourth-order valence-corrected chi connectivity index (χ4v) is 8.57. The van der Waals surface area contributed by atoms with E-state index in [0.29, 0.717) is 23.1 Å². The number of rotatable bonds is 15. The highest BCUT2D eigenvalue weighted by molar-refractivity contribution is 5.98. The first kappa shape index (κ1) is 55.4. The summed E-state index contributed by atoms with van der Waals surface area (Å²) < 4.78 is 5.89. The largest absolute Gasteiger partial charge is 0.508 e. The van der Waals surface area contributed by atoms with Crippen LogP contribution in [0.4, 0.5) is 0 Å². The molecule has 388 valence electrons. The Kier molecular flexibility index (Phi) is 19.6. The second kappa shape index (κ2) is 25.5. The molecule has 0 spiro atoms. The molecule has 2 saturated heterocycles. The monoisotopic (exact) mass is 998 g/mol. The summed E-state index contributed by atoms with van der Waals surface area (Å²) in [5.41, 5.74) is 6.90. The second-order valence-corrected chi connectivity index (χ2v) is 18.6. The van der Waals surface area contributed by atoms with Gasteiger partial charge < -0.3 is 62.2 Å². The smallest absolute Gasteiger partial charge is 0.329 e. The van der Waals surface area contributed by atoms with Crippen LogP contribution in [0.5, 0.6) is 11.5 Å². The zero-order chi connectivity index (χ0) is 52.8. The number of nitrogens with one attached hydrogen (secondary N) is 5. The van der Waals surface area contributed by atoms with E-state index in [-0.39, 0.29) is 62.9 Å². The minimum absolute atomic E-state index is 0.0162. The van der Waals surface area contributed by atoms with Gasteiger partial charge in [-0.25, -0.2) is 4.79 Å². The Hall–Kier alpha value is -7.55. The van der Waals surface area contributed by atoms with Gasteiger partial charge in [0, 0.05) is 39.2 Å². The zero-order valence-electron chi connectivity index (χ0n) is 41.0. The summed E-state index contributed by atoms with van der Waals surface area (Å²) in [6, 6.07) is 9.75. The Morgan fingerprint density at radius 3 is 1.92 bits per heavy atom. The number of phenols is 2. The number of piperidine rings is 1. The number of carbonyl (C=O) groups is 9. The van der Waals surface area contributed by atoms with Crippen LogP contribution >= 0.6 is 0 Å². The summed E-state index contributed by atoms with van der Waals surface area (Å²) in [4.78, 5) is 129. The molecule has 8 amide bonds. The summed E-state index contributed by atoms with van der Waals surface area (Å²) in [5.74, 6) is -8.67. The number of hydrogen-bond acceptors (Lipinski definition) is 13. The number of aliphatic hydroxyl groups excluding tert-OH is 1. The maximum Gasteiger partial charge on any atom is 0.329 e. The molecule has 0 aromatic heterocycles. The number of benzene rings is 3. The van der Waals surface area contributed by atoms with E-state index in [0.717, 1.165) is 9.80 Å². The summed E-state index contributed by atoms with van der Waals surface area (Å²) in [6.07, 6.45) is -4.07. The quantitative estimate of drug-likeness (QED) is 0.0931. The maximum absolute atomic E-state index is 15.1. The summed E-state index contributed by atoms with van der Waals surface area (Å²) in [7, 11) is 1.35. The van der Waals surface area contributed by atoms with Crippen molar-refractivity contribution in [2.45, 2.75) is 140 Å². The third-order valence-corrected chi connectivity index (χ3v) is 12.7. The molecule has 2 heterocycles. The van der Waals surface area contributed by atoms with Crippen molar-refractivity contribution < 1.29 is 63.2 Å². The molecule has 9 atom stereocenters. The topological polar surface area (TPSA) is 316 Å². The molecule has 2 aliphatic heterocycles. The Bertz CT molecular complexity index is 2420. The van der Waals surface area contributed by atoms with Gasteiger partial charge in [0.25, 0.3) is 0 Å². The predicted octanol–water partition coefficient (Wildman–Crippen LogP) is 0.353. The molecule has 72 heavy (non-hydrogen) atoms. The number of carbonyl (C=O) groups excluding carboxylic acids is 9. The lowest BCUT2D eigenvalue weighted by Crippen LogP contribution is -2.65. The molecule has 0 unspecified atom stereocenters. The normalized spacial score (nSPS) is 24.1. The number of phenolic OH excluding ortho intramolecular Hbond substituents is 2. The number of cyclic esters (lactones) is 1. The number of esters is 1. The lowest BCUT2D eigenvalue weighted by atomic mass is 9.95. The molecule has 2 bridgehead atoms. The van der Waals surface area contributed by atoms with E-state index in [4.69, 9.17) is 10.5 Å². The molecule has 5 rings (SSSR count). The van der Waals surface area contributed by atoms with Crippen LogP contribution in [0.15, 0.2) is 78.9 Å². The van der Waals surface area contributed by atoms with Crippen molar-refractivity contribution in [1.29, 1.82) is 0 Å². The minimum atomic E-state index is -1.83. The Morgan fingerprint density at radius 1 is 0.750 bits per heavy atom. The molecule has 3 aromatic rings. The van der Waals surface area contributed by atoms with Crippen molar-refractivity contribution in [2.75, 3.05) is 7.05 Å². The molecule has 21 nitrogen and oxygen atoms in total. The molecular formula is C51H66N8O13. The average molecular weight is 999 g/mol. The molecule has 21 heteroatoms. The number of ether oxygens (including phenoxy) is 1. The number of amides is 8. The molecule has 0 aliphatic carbocycles. The molecular weight excluding hydrogens is 933 g/mol. The van der Waals surface area contributed by atoms with Gasteiger partial charge in [0.05, 0.1) is 0 Å². The van der Waals surface area contributed by atoms with E-state index >= 15 is 4.79 Å². The SMILES string of the molecule is CCCC(=O)N[C@@H](CCC(N)=O)C(=O)N[C@@H]1C(=O)N[C@@H](Cc2ccc(O)cc2)C(=O)N[C@H]2CC[C@@H](O)N(C2=O)[C@@H](Cc2ccccc2)C(=O)N(C)[C@@H](Cc2ccc(O)cc2)C(=O)N[C@@H](C(C)C)C(=O)O[C@H]1C. The number of aliphatic hydroxyl groups is 1. The van der Waals surface area contributed by atoms with Crippen molar-refractivity contribution in [3.8, 4) is 11.5 Å². The van der Waals surface area contributed by atoms with Gasteiger partial charge in [0.2, 0.25) is 47.3 Å². The first-order valence-corrected chi connectivity index (χ1v) is 24.0. The van der Waals surface area contributed by atoms with Crippen molar-refractivity contribution in [3.63, 3.8) is 0 Å². The highest BCUT2D eigenvalue weighted by atomic mass is 16.5. The lowest BCUT2D eigenvalue weighted by molar-refractivity contribution is -0.165. The van der Waals surface area contributed by atoms with Crippen LogP contribution in [0, 0.1) is 5.92 Å². The minimum Gasteiger partial charge on any atom is -0.508 e. The van der Waals surface area contributed by atoms with Gasteiger partial charge in [-0.2, -0.15) is 0 Å². The van der Waals surface area contributed by atoms with Crippen molar-refractivity contribution in [1.82, 2.24) is 36.4 Å². The number of nitrogens with zero attached hydrogens (tertiary/aromatic N) is 2. The van der Waals surface area contributed by atoms with Crippen LogP contribution < -0.4 is 32.3 Å².